The van der Waals surface area contributed by atoms with E-state index in [1.165, 1.54) is 11.0 Å². The Kier molecular flexibility index (Phi) is 6.31. The molecule has 1 fully saturated rings. The van der Waals surface area contributed by atoms with Gasteiger partial charge >= 0.3 is 0 Å². The number of nitrogens with zero attached hydrogens (tertiary/aromatic N) is 1. The normalized spacial score (nSPS) is 25.0. The van der Waals surface area contributed by atoms with Crippen LogP contribution in [-0.2, 0) is 19.2 Å². The lowest BCUT2D eigenvalue weighted by Crippen LogP contribution is -2.39. The van der Waals surface area contributed by atoms with Crippen LogP contribution >= 0.6 is 15.9 Å². The van der Waals surface area contributed by atoms with Gasteiger partial charge < -0.3 is 10.4 Å². The molecule has 3 aromatic rings. The van der Waals surface area contributed by atoms with Crippen molar-refractivity contribution in [2.45, 2.75) is 18.8 Å². The number of phenols is 1. The minimum absolute atomic E-state index is 0.0425. The molecule has 7 rings (SSSR count). The van der Waals surface area contributed by atoms with Crippen LogP contribution in [-0.4, -0.2) is 28.5 Å². The second-order valence-electron chi connectivity index (χ2n) is 11.0. The number of Topliss-reactive ketones (excluding diaryl/α,β-unsaturated/α-hetero) is 1. The number of nitrogens with one attached hydrogen (secondary N) is 1. The summed E-state index contributed by atoms with van der Waals surface area (Å²) < 4.78 is 0.181. The van der Waals surface area contributed by atoms with Crippen LogP contribution in [0.1, 0.15) is 24.3 Å². The Morgan fingerprint density at radius 3 is 2.31 bits per heavy atom. The van der Waals surface area contributed by atoms with Crippen LogP contribution in [0.3, 0.4) is 0 Å². The van der Waals surface area contributed by atoms with E-state index in [-0.39, 0.29) is 40.0 Å². The quantitative estimate of drug-likeness (QED) is 0.207. The highest BCUT2D eigenvalue weighted by Crippen LogP contribution is 2.55. The SMILES string of the molecule is O=C1C=C(Br)C(=O)C2=C1[C@@H](c1cccc(O)c1)C1=CC[C@@H]3C(=O)N(c4ccc(Nc5ccccc5)cc4)C(=O)[C@@H]3[C@@H]1C2. The van der Waals surface area contributed by atoms with Gasteiger partial charge in [-0.15, -0.1) is 0 Å². The van der Waals surface area contributed by atoms with Crippen molar-refractivity contribution in [1.29, 1.82) is 0 Å². The summed E-state index contributed by atoms with van der Waals surface area (Å²) in [4.78, 5) is 55.7. The second kappa shape index (κ2) is 10.1. The number of hydrogen-bond donors (Lipinski definition) is 2. The molecule has 208 valence electrons. The van der Waals surface area contributed by atoms with Crippen molar-refractivity contribution in [3.8, 4) is 5.75 Å². The van der Waals surface area contributed by atoms with Gasteiger partial charge in [-0.3, -0.25) is 24.1 Å². The number of carbonyl (C=O) groups excluding carboxylic acids is 4. The number of phenolic OH excluding ortho intramolecular Hbond substituents is 1. The van der Waals surface area contributed by atoms with Gasteiger partial charge in [0.1, 0.15) is 5.75 Å². The summed E-state index contributed by atoms with van der Waals surface area (Å²) in [5.41, 5.74) is 4.50. The lowest BCUT2D eigenvalue weighted by molar-refractivity contribution is -0.123. The van der Waals surface area contributed by atoms with Crippen LogP contribution in [0.15, 0.2) is 112 Å². The zero-order valence-corrected chi connectivity index (χ0v) is 23.9. The summed E-state index contributed by atoms with van der Waals surface area (Å²) in [5.74, 6) is -3.34. The second-order valence-corrected chi connectivity index (χ2v) is 11.9. The summed E-state index contributed by atoms with van der Waals surface area (Å²) in [6.07, 6.45) is 3.81. The summed E-state index contributed by atoms with van der Waals surface area (Å²) in [5, 5.41) is 13.6. The molecule has 2 amide bonds. The lowest BCUT2D eigenvalue weighted by Gasteiger charge is -2.42. The largest absolute Gasteiger partial charge is 0.508 e. The van der Waals surface area contributed by atoms with Gasteiger partial charge in [0.2, 0.25) is 11.8 Å². The van der Waals surface area contributed by atoms with Crippen LogP contribution in [0.25, 0.3) is 0 Å². The highest BCUT2D eigenvalue weighted by atomic mass is 79.9. The first-order valence-corrected chi connectivity index (χ1v) is 14.6. The number of imide groups is 1. The average Bonchev–Trinajstić information content (AvgIpc) is 3.25. The van der Waals surface area contributed by atoms with Gasteiger partial charge in [-0.25, -0.2) is 0 Å². The molecule has 4 aliphatic rings. The number of benzene rings is 3. The van der Waals surface area contributed by atoms with Crippen LogP contribution < -0.4 is 10.2 Å². The van der Waals surface area contributed by atoms with Gasteiger partial charge in [-0.1, -0.05) is 42.0 Å². The smallest absolute Gasteiger partial charge is 0.238 e. The highest BCUT2D eigenvalue weighted by molar-refractivity contribution is 9.12. The molecule has 4 atom stereocenters. The molecule has 0 saturated carbocycles. The molecule has 1 aliphatic heterocycles. The number of para-hydroxylation sites is 1. The molecule has 0 unspecified atom stereocenters. The molecule has 42 heavy (non-hydrogen) atoms. The maximum atomic E-state index is 14.1. The number of halogens is 1. The van der Waals surface area contributed by atoms with E-state index >= 15 is 0 Å². The monoisotopic (exact) mass is 620 g/mol. The van der Waals surface area contributed by atoms with Gasteiger partial charge in [-0.05, 0) is 88.8 Å². The summed E-state index contributed by atoms with van der Waals surface area (Å²) >= 11 is 3.24. The van der Waals surface area contributed by atoms with Crippen LogP contribution in [0.2, 0.25) is 0 Å². The summed E-state index contributed by atoms with van der Waals surface area (Å²) in [6, 6.07) is 23.5. The summed E-state index contributed by atoms with van der Waals surface area (Å²) in [7, 11) is 0. The van der Waals surface area contributed by atoms with Crippen LogP contribution in [0.4, 0.5) is 17.1 Å². The third-order valence-electron chi connectivity index (χ3n) is 8.72. The molecule has 1 saturated heterocycles. The van der Waals surface area contributed by atoms with Crippen molar-refractivity contribution in [2.24, 2.45) is 17.8 Å². The van der Waals surface area contributed by atoms with E-state index < -0.39 is 23.7 Å². The molecular weight excluding hydrogens is 596 g/mol. The van der Waals surface area contributed by atoms with Gasteiger partial charge in [0.15, 0.2) is 11.6 Å². The molecule has 0 aromatic heterocycles. The Bertz CT molecular complexity index is 1770. The van der Waals surface area contributed by atoms with E-state index in [4.69, 9.17) is 0 Å². The number of rotatable bonds is 4. The van der Waals surface area contributed by atoms with Crippen molar-refractivity contribution in [2.75, 3.05) is 10.2 Å². The predicted molar refractivity (Wildman–Crippen MR) is 161 cm³/mol. The maximum Gasteiger partial charge on any atom is 0.238 e. The van der Waals surface area contributed by atoms with Gasteiger partial charge in [0.25, 0.3) is 0 Å². The third-order valence-corrected chi connectivity index (χ3v) is 9.31. The van der Waals surface area contributed by atoms with Crippen molar-refractivity contribution >= 4 is 56.4 Å². The van der Waals surface area contributed by atoms with Crippen molar-refractivity contribution in [1.82, 2.24) is 0 Å². The molecule has 2 N–H and O–H groups in total. The standard InChI is InChI=1S/C34H25BrN2O5/c35-27-17-28(39)31-26(32(27)40)16-25-23(29(31)18-5-4-8-22(38)15-18)13-14-24-30(25)34(42)37(33(24)41)21-11-9-20(10-12-21)36-19-6-2-1-3-7-19/h1-13,15,17,24-25,29-30,36,38H,14,16H2/t24-,25+,29-,30-/m0/s1. The molecule has 0 spiro atoms. The van der Waals surface area contributed by atoms with E-state index in [0.717, 1.165) is 16.9 Å². The number of hydrogen-bond acceptors (Lipinski definition) is 6. The lowest BCUT2D eigenvalue weighted by atomic mass is 9.59. The maximum absolute atomic E-state index is 14.1. The third kappa shape index (κ3) is 4.17. The molecule has 0 bridgehead atoms. The van der Waals surface area contributed by atoms with Crippen molar-refractivity contribution < 1.29 is 24.3 Å². The molecule has 0 radical (unpaired) electrons. The number of aromatic hydroxyl groups is 1. The number of carbonyl (C=O) groups is 4. The molecule has 7 nitrogen and oxygen atoms in total. The summed E-state index contributed by atoms with van der Waals surface area (Å²) in [6.45, 7) is 0. The number of ketones is 2. The minimum Gasteiger partial charge on any atom is -0.508 e. The Morgan fingerprint density at radius 2 is 1.57 bits per heavy atom. The molecule has 3 aromatic carbocycles. The van der Waals surface area contributed by atoms with Gasteiger partial charge in [0, 0.05) is 34.5 Å². The number of fused-ring (bicyclic) bond motifs is 3. The van der Waals surface area contributed by atoms with Crippen LogP contribution in [0.5, 0.6) is 5.75 Å². The zero-order valence-electron chi connectivity index (χ0n) is 22.3. The molecule has 1 heterocycles. The fourth-order valence-corrected chi connectivity index (χ4v) is 7.37. The first-order chi connectivity index (χ1) is 20.3. The number of amides is 2. The van der Waals surface area contributed by atoms with E-state index in [1.807, 2.05) is 54.6 Å². The van der Waals surface area contributed by atoms with Crippen molar-refractivity contribution in [3.63, 3.8) is 0 Å². The first kappa shape index (κ1) is 26.3. The minimum atomic E-state index is -0.666. The molecule has 8 heteroatoms. The van der Waals surface area contributed by atoms with Crippen LogP contribution in [0, 0.1) is 17.8 Å². The van der Waals surface area contributed by atoms with E-state index in [2.05, 4.69) is 21.2 Å². The van der Waals surface area contributed by atoms with E-state index in [0.29, 0.717) is 28.8 Å². The Hall–Kier alpha value is -4.56. The average molecular weight is 621 g/mol. The molecular formula is C34H25BrN2O5. The first-order valence-electron chi connectivity index (χ1n) is 13.8. The Labute approximate surface area is 250 Å². The van der Waals surface area contributed by atoms with E-state index in [9.17, 15) is 24.3 Å². The van der Waals surface area contributed by atoms with E-state index in [1.54, 1.807) is 30.3 Å². The number of anilines is 3. The zero-order chi connectivity index (χ0) is 29.1. The highest BCUT2D eigenvalue weighted by Gasteiger charge is 2.56. The topological polar surface area (TPSA) is 104 Å². The fourth-order valence-electron chi connectivity index (χ4n) is 6.93. The van der Waals surface area contributed by atoms with Gasteiger partial charge in [0.05, 0.1) is 22.0 Å². The molecule has 3 aliphatic carbocycles. The predicted octanol–water partition coefficient (Wildman–Crippen LogP) is 6.10. The van der Waals surface area contributed by atoms with Crippen molar-refractivity contribution in [3.05, 3.63) is 118 Å². The fraction of sp³-hybridized carbons (Fsp3) is 0.176. The number of allylic oxidation sites excluding steroid dienone is 6. The Morgan fingerprint density at radius 1 is 0.833 bits per heavy atom. The van der Waals surface area contributed by atoms with Gasteiger partial charge in [-0.2, -0.15) is 0 Å². The Balaban J connectivity index is 1.25.